The summed E-state index contributed by atoms with van der Waals surface area (Å²) in [5.74, 6) is 1.21. The number of rotatable bonds is 6. The highest BCUT2D eigenvalue weighted by molar-refractivity contribution is 6.32. The highest BCUT2D eigenvalue weighted by Crippen LogP contribution is 2.28. The Labute approximate surface area is 156 Å². The maximum absolute atomic E-state index is 12.1. The first-order valence-corrected chi connectivity index (χ1v) is 8.42. The van der Waals surface area contributed by atoms with E-state index in [1.807, 2.05) is 25.1 Å². The lowest BCUT2D eigenvalue weighted by Crippen LogP contribution is -2.31. The zero-order chi connectivity index (χ0) is 18.4. The number of hydrogen-bond acceptors (Lipinski definition) is 4. The molecule has 0 bridgehead atoms. The fourth-order valence-corrected chi connectivity index (χ4v) is 2.57. The number of amides is 2. The zero-order valence-electron chi connectivity index (χ0n) is 14.1. The smallest absolute Gasteiger partial charge is 0.319 e. The van der Waals surface area contributed by atoms with Crippen LogP contribution in [-0.2, 0) is 6.61 Å². The lowest BCUT2D eigenvalue weighted by Gasteiger charge is -2.15. The van der Waals surface area contributed by atoms with Crippen LogP contribution in [0.1, 0.15) is 24.3 Å². The molecule has 0 radical (unpaired) electrons. The molecule has 2 aromatic heterocycles. The summed E-state index contributed by atoms with van der Waals surface area (Å²) in [7, 11) is 0. The van der Waals surface area contributed by atoms with E-state index in [4.69, 9.17) is 20.8 Å². The van der Waals surface area contributed by atoms with Crippen LogP contribution in [0, 0.1) is 0 Å². The number of furan rings is 1. The molecule has 0 spiro atoms. The minimum Gasteiger partial charge on any atom is -0.484 e. The van der Waals surface area contributed by atoms with Gasteiger partial charge in [-0.05, 0) is 55.0 Å². The van der Waals surface area contributed by atoms with Crippen LogP contribution in [-0.4, -0.2) is 11.0 Å². The van der Waals surface area contributed by atoms with Crippen molar-refractivity contribution in [3.05, 3.63) is 77.5 Å². The summed E-state index contributed by atoms with van der Waals surface area (Å²) < 4.78 is 10.8. The number of nitrogens with zero attached hydrogens (tertiary/aromatic N) is 1. The molecule has 26 heavy (non-hydrogen) atoms. The second kappa shape index (κ2) is 8.40. The first-order valence-electron chi connectivity index (χ1n) is 8.04. The summed E-state index contributed by atoms with van der Waals surface area (Å²) in [5.41, 5.74) is 1.54. The van der Waals surface area contributed by atoms with Crippen LogP contribution in [0.15, 0.2) is 65.5 Å². The lowest BCUT2D eigenvalue weighted by molar-refractivity contribution is 0.249. The molecule has 1 aromatic carbocycles. The van der Waals surface area contributed by atoms with Crippen LogP contribution in [0.5, 0.6) is 5.75 Å². The number of carbonyl (C=O) groups is 1. The topological polar surface area (TPSA) is 76.4 Å². The van der Waals surface area contributed by atoms with Gasteiger partial charge in [0.15, 0.2) is 0 Å². The van der Waals surface area contributed by atoms with E-state index in [1.54, 1.807) is 42.9 Å². The van der Waals surface area contributed by atoms with E-state index in [1.165, 1.54) is 0 Å². The van der Waals surface area contributed by atoms with Gasteiger partial charge in [-0.3, -0.25) is 4.98 Å². The minimum absolute atomic E-state index is 0.149. The molecule has 2 heterocycles. The van der Waals surface area contributed by atoms with E-state index in [0.29, 0.717) is 22.2 Å². The quantitative estimate of drug-likeness (QED) is 0.653. The van der Waals surface area contributed by atoms with E-state index in [9.17, 15) is 4.79 Å². The molecule has 2 amide bonds. The van der Waals surface area contributed by atoms with Gasteiger partial charge in [-0.15, -0.1) is 0 Å². The molecule has 0 saturated carbocycles. The monoisotopic (exact) mass is 371 g/mol. The van der Waals surface area contributed by atoms with Gasteiger partial charge in [-0.25, -0.2) is 4.79 Å². The number of nitrogens with one attached hydrogen (secondary N) is 2. The maximum Gasteiger partial charge on any atom is 0.319 e. The van der Waals surface area contributed by atoms with Crippen LogP contribution in [0.3, 0.4) is 0 Å². The maximum atomic E-state index is 12.1. The summed E-state index contributed by atoms with van der Waals surface area (Å²) in [6.45, 7) is 2.18. The van der Waals surface area contributed by atoms with Crippen LogP contribution in [0.4, 0.5) is 10.5 Å². The number of benzene rings is 1. The molecule has 1 unspecified atom stereocenters. The average Bonchev–Trinajstić information content (AvgIpc) is 3.15. The van der Waals surface area contributed by atoms with Crippen molar-refractivity contribution in [2.75, 3.05) is 5.32 Å². The third-order valence-corrected chi connectivity index (χ3v) is 3.99. The molecule has 2 N–H and O–H groups in total. The normalized spacial score (nSPS) is 11.6. The van der Waals surface area contributed by atoms with Gasteiger partial charge in [0.1, 0.15) is 18.1 Å². The van der Waals surface area contributed by atoms with E-state index in [2.05, 4.69) is 15.6 Å². The van der Waals surface area contributed by atoms with Crippen molar-refractivity contribution in [1.82, 2.24) is 10.3 Å². The number of urea groups is 1. The van der Waals surface area contributed by atoms with E-state index in [-0.39, 0.29) is 18.7 Å². The minimum atomic E-state index is -0.324. The first kappa shape index (κ1) is 17.8. The Morgan fingerprint density at radius 3 is 2.77 bits per heavy atom. The highest BCUT2D eigenvalue weighted by atomic mass is 35.5. The Hall–Kier alpha value is -2.99. The largest absolute Gasteiger partial charge is 0.484 e. The van der Waals surface area contributed by atoms with Crippen LogP contribution < -0.4 is 15.4 Å². The Morgan fingerprint density at radius 1 is 1.27 bits per heavy atom. The second-order valence-electron chi connectivity index (χ2n) is 5.61. The fraction of sp³-hybridized carbons (Fsp3) is 0.158. The van der Waals surface area contributed by atoms with Crippen molar-refractivity contribution in [2.24, 2.45) is 0 Å². The van der Waals surface area contributed by atoms with E-state index < -0.39 is 0 Å². The summed E-state index contributed by atoms with van der Waals surface area (Å²) >= 11 is 6.22. The average molecular weight is 372 g/mol. The zero-order valence-corrected chi connectivity index (χ0v) is 14.9. The molecule has 0 aliphatic rings. The van der Waals surface area contributed by atoms with Gasteiger partial charge >= 0.3 is 6.03 Å². The number of anilines is 1. The van der Waals surface area contributed by atoms with Crippen molar-refractivity contribution < 1.29 is 13.9 Å². The van der Waals surface area contributed by atoms with Gasteiger partial charge in [-0.1, -0.05) is 11.6 Å². The molecule has 0 aliphatic carbocycles. The Morgan fingerprint density at radius 2 is 2.08 bits per heavy atom. The van der Waals surface area contributed by atoms with Crippen molar-refractivity contribution >= 4 is 23.3 Å². The lowest BCUT2D eigenvalue weighted by atomic mass is 10.1. The Bertz CT molecular complexity index is 854. The van der Waals surface area contributed by atoms with Gasteiger partial charge in [-0.2, -0.15) is 0 Å². The second-order valence-corrected chi connectivity index (χ2v) is 6.02. The van der Waals surface area contributed by atoms with Gasteiger partial charge in [0.25, 0.3) is 0 Å². The molecule has 0 aliphatic heterocycles. The molecule has 7 heteroatoms. The number of ether oxygens (including phenoxy) is 1. The molecule has 3 aromatic rings. The molecule has 134 valence electrons. The Balaban J connectivity index is 1.56. The molecule has 1 atom stereocenters. The van der Waals surface area contributed by atoms with Gasteiger partial charge in [0.2, 0.25) is 0 Å². The Kier molecular flexibility index (Phi) is 5.76. The van der Waals surface area contributed by atoms with Crippen molar-refractivity contribution in [3.63, 3.8) is 0 Å². The number of halogens is 1. The number of hydrogen-bond donors (Lipinski definition) is 2. The van der Waals surface area contributed by atoms with Crippen LogP contribution in [0.2, 0.25) is 5.02 Å². The van der Waals surface area contributed by atoms with Gasteiger partial charge in [0, 0.05) is 18.1 Å². The number of aromatic nitrogens is 1. The molecule has 6 nitrogen and oxygen atoms in total. The predicted octanol–water partition coefficient (Wildman–Crippen LogP) is 4.79. The molecule has 3 rings (SSSR count). The summed E-state index contributed by atoms with van der Waals surface area (Å²) in [6, 6.07) is 11.9. The van der Waals surface area contributed by atoms with Crippen LogP contribution >= 0.6 is 11.6 Å². The van der Waals surface area contributed by atoms with Crippen molar-refractivity contribution in [2.45, 2.75) is 19.6 Å². The standard InChI is InChI=1S/C19H18ClN3O3/c1-13(14-6-8-21-9-7-14)22-19(24)23-15-4-5-18(17(20)11-15)26-12-16-3-2-10-25-16/h2-11,13H,12H2,1H3,(H2,22,23,24). The number of pyridine rings is 1. The first-order chi connectivity index (χ1) is 12.6. The summed E-state index contributed by atoms with van der Waals surface area (Å²) in [4.78, 5) is 16.1. The van der Waals surface area contributed by atoms with Crippen molar-refractivity contribution in [3.8, 4) is 5.75 Å². The van der Waals surface area contributed by atoms with Gasteiger partial charge in [0.05, 0.1) is 17.3 Å². The third-order valence-electron chi connectivity index (χ3n) is 3.69. The SMILES string of the molecule is CC(NC(=O)Nc1ccc(OCc2ccco2)c(Cl)c1)c1ccncc1. The third kappa shape index (κ3) is 4.77. The fourth-order valence-electron chi connectivity index (χ4n) is 2.34. The van der Waals surface area contributed by atoms with Gasteiger partial charge < -0.3 is 19.8 Å². The molecule has 0 fully saturated rings. The van der Waals surface area contributed by atoms with E-state index >= 15 is 0 Å². The molecular formula is C19H18ClN3O3. The molecular weight excluding hydrogens is 354 g/mol. The summed E-state index contributed by atoms with van der Waals surface area (Å²) in [5, 5.41) is 6.01. The van der Waals surface area contributed by atoms with Crippen LogP contribution in [0.25, 0.3) is 0 Å². The summed E-state index contributed by atoms with van der Waals surface area (Å²) in [6.07, 6.45) is 4.96. The predicted molar refractivity (Wildman–Crippen MR) is 99.3 cm³/mol. The highest BCUT2D eigenvalue weighted by Gasteiger charge is 2.11. The van der Waals surface area contributed by atoms with Crippen molar-refractivity contribution in [1.29, 1.82) is 0 Å². The molecule has 0 saturated heterocycles. The van der Waals surface area contributed by atoms with E-state index in [0.717, 1.165) is 5.56 Å². The number of carbonyl (C=O) groups excluding carboxylic acids is 1.